The van der Waals surface area contributed by atoms with Crippen LogP contribution in [0.25, 0.3) is 0 Å². The lowest BCUT2D eigenvalue weighted by molar-refractivity contribution is 0.0773. The van der Waals surface area contributed by atoms with Gasteiger partial charge in [-0.1, -0.05) is 95.1 Å². The van der Waals surface area contributed by atoms with Crippen LogP contribution in [0.3, 0.4) is 0 Å². The van der Waals surface area contributed by atoms with Gasteiger partial charge >= 0.3 is 8.60 Å². The van der Waals surface area contributed by atoms with Crippen molar-refractivity contribution in [2.45, 2.75) is 102 Å². The van der Waals surface area contributed by atoms with Crippen LogP contribution in [0.5, 0.6) is 0 Å². The highest BCUT2D eigenvalue weighted by atomic mass is 31.2. The fraction of sp³-hybridized carbons (Fsp3) is 0.833. The highest BCUT2D eigenvalue weighted by Gasteiger charge is 2.53. The molecule has 1 aliphatic carbocycles. The van der Waals surface area contributed by atoms with Gasteiger partial charge in [0.2, 0.25) is 0 Å². The number of unbranched alkanes of at least 4 members (excludes halogenated alkanes) is 1. The van der Waals surface area contributed by atoms with Crippen molar-refractivity contribution >= 4 is 8.60 Å². The molecule has 2 atom stereocenters. The Morgan fingerprint density at radius 1 is 0.964 bits per heavy atom. The molecule has 1 aliphatic rings. The second kappa shape index (κ2) is 8.78. The Balaban J connectivity index is 4.01. The summed E-state index contributed by atoms with van der Waals surface area (Å²) in [6.07, 6.45) is 6.80. The Hall–Kier alpha value is -0.370. The number of rotatable bonds is 6. The largest absolute Gasteiger partial charge is 0.427 e. The molecule has 1 rings (SSSR count). The molecule has 0 aromatic rings. The molecule has 3 nitrogen and oxygen atoms in total. The minimum Gasteiger partial charge on any atom is -0.427 e. The van der Waals surface area contributed by atoms with Gasteiger partial charge in [-0.15, -0.1) is 0 Å². The summed E-state index contributed by atoms with van der Waals surface area (Å²) >= 11 is 0. The molecular weight excluding hydrogens is 367 g/mol. The van der Waals surface area contributed by atoms with E-state index in [1.807, 2.05) is 0 Å². The normalized spacial score (nSPS) is 24.6. The standard InChI is InChI=1S/C24H45O3P/c1-12-14-15-24(13-2)18(22(6,7)8)16-17(21(3,4)5)19(27-28(25)26)20(24)23(9,10)11/h16,18,25-26H,12-15H2,1-11H3. The van der Waals surface area contributed by atoms with Crippen molar-refractivity contribution in [3.05, 3.63) is 23.0 Å². The van der Waals surface area contributed by atoms with Gasteiger partial charge in [0.05, 0.1) is 0 Å². The van der Waals surface area contributed by atoms with Crippen LogP contribution in [0, 0.1) is 27.6 Å². The third-order valence-corrected chi connectivity index (χ3v) is 6.52. The summed E-state index contributed by atoms with van der Waals surface area (Å²) in [5.74, 6) is 1.09. The van der Waals surface area contributed by atoms with Gasteiger partial charge in [-0.3, -0.25) is 0 Å². The molecule has 0 aliphatic heterocycles. The minimum atomic E-state index is -2.47. The van der Waals surface area contributed by atoms with Gasteiger partial charge in [-0.2, -0.15) is 0 Å². The van der Waals surface area contributed by atoms with E-state index in [1.54, 1.807) is 0 Å². The summed E-state index contributed by atoms with van der Waals surface area (Å²) in [6, 6.07) is 0. The molecule has 0 aromatic carbocycles. The summed E-state index contributed by atoms with van der Waals surface area (Å²) in [7, 11) is -2.47. The molecule has 4 heteroatoms. The van der Waals surface area contributed by atoms with Gasteiger partial charge in [0.25, 0.3) is 0 Å². The molecule has 0 bridgehead atoms. The average molecular weight is 413 g/mol. The predicted molar refractivity (Wildman–Crippen MR) is 122 cm³/mol. The zero-order valence-corrected chi connectivity index (χ0v) is 21.1. The first-order chi connectivity index (χ1) is 12.5. The lowest BCUT2D eigenvalue weighted by Crippen LogP contribution is -2.46. The molecule has 0 radical (unpaired) electrons. The van der Waals surface area contributed by atoms with Gasteiger partial charge in [0.15, 0.2) is 0 Å². The zero-order chi connectivity index (χ0) is 22.1. The fourth-order valence-corrected chi connectivity index (χ4v) is 5.55. The van der Waals surface area contributed by atoms with E-state index in [1.165, 1.54) is 5.57 Å². The molecule has 0 aromatic heterocycles. The summed E-state index contributed by atoms with van der Waals surface area (Å²) in [5.41, 5.74) is 2.12. The van der Waals surface area contributed by atoms with Gasteiger partial charge in [-0.25, -0.2) is 0 Å². The summed E-state index contributed by atoms with van der Waals surface area (Å²) < 4.78 is 5.85. The first kappa shape index (κ1) is 25.7. The Morgan fingerprint density at radius 3 is 1.82 bits per heavy atom. The monoisotopic (exact) mass is 412 g/mol. The molecule has 2 N–H and O–H groups in total. The van der Waals surface area contributed by atoms with E-state index in [9.17, 15) is 9.79 Å². The van der Waals surface area contributed by atoms with E-state index in [0.717, 1.165) is 37.0 Å². The van der Waals surface area contributed by atoms with Crippen molar-refractivity contribution in [1.29, 1.82) is 0 Å². The maximum Gasteiger partial charge on any atom is 0.391 e. The highest BCUT2D eigenvalue weighted by Crippen LogP contribution is 2.62. The van der Waals surface area contributed by atoms with Crippen molar-refractivity contribution in [2.24, 2.45) is 27.6 Å². The lowest BCUT2D eigenvalue weighted by atomic mass is 9.50. The van der Waals surface area contributed by atoms with Crippen molar-refractivity contribution in [3.63, 3.8) is 0 Å². The number of hydrogen-bond acceptors (Lipinski definition) is 3. The third kappa shape index (κ3) is 5.41. The lowest BCUT2D eigenvalue weighted by Gasteiger charge is -2.54. The Morgan fingerprint density at radius 2 is 1.50 bits per heavy atom. The Kier molecular flexibility index (Phi) is 8.05. The first-order valence-corrected chi connectivity index (χ1v) is 12.0. The molecule has 0 saturated carbocycles. The predicted octanol–water partition coefficient (Wildman–Crippen LogP) is 7.75. The molecular formula is C24H45O3P. The van der Waals surface area contributed by atoms with Gasteiger partial charge in [0, 0.05) is 5.41 Å². The number of hydrogen-bond donors (Lipinski definition) is 2. The van der Waals surface area contributed by atoms with Crippen LogP contribution in [0.2, 0.25) is 0 Å². The highest BCUT2D eigenvalue weighted by molar-refractivity contribution is 7.39. The van der Waals surface area contributed by atoms with Gasteiger partial charge in [-0.05, 0) is 46.2 Å². The second-order valence-electron chi connectivity index (χ2n) is 11.6. The number of allylic oxidation sites excluding steroid dienone is 3. The summed E-state index contributed by atoms with van der Waals surface area (Å²) in [4.78, 5) is 19.7. The maximum atomic E-state index is 9.85. The van der Waals surface area contributed by atoms with E-state index < -0.39 is 8.60 Å². The topological polar surface area (TPSA) is 49.7 Å². The SMILES string of the molecule is CCCCC1(CC)C(C(C)(C)C)=C(OP(O)O)C(C(C)(C)C)=CC1C(C)(C)C. The maximum absolute atomic E-state index is 9.85. The van der Waals surface area contributed by atoms with E-state index in [-0.39, 0.29) is 21.7 Å². The van der Waals surface area contributed by atoms with Crippen LogP contribution < -0.4 is 0 Å². The Bertz CT molecular complexity index is 597. The van der Waals surface area contributed by atoms with Crippen LogP contribution in [-0.4, -0.2) is 9.79 Å². The molecule has 0 heterocycles. The fourth-order valence-electron chi connectivity index (χ4n) is 5.20. The van der Waals surface area contributed by atoms with Crippen LogP contribution >= 0.6 is 8.60 Å². The molecule has 0 spiro atoms. The average Bonchev–Trinajstić information content (AvgIpc) is 2.48. The molecule has 0 fully saturated rings. The molecule has 164 valence electrons. The van der Waals surface area contributed by atoms with Crippen LogP contribution in [0.1, 0.15) is 102 Å². The molecule has 0 saturated heterocycles. The van der Waals surface area contributed by atoms with Crippen LogP contribution in [0.4, 0.5) is 0 Å². The van der Waals surface area contributed by atoms with E-state index in [0.29, 0.717) is 5.92 Å². The van der Waals surface area contributed by atoms with Crippen LogP contribution in [-0.2, 0) is 4.52 Å². The Labute approximate surface area is 175 Å². The van der Waals surface area contributed by atoms with E-state index in [2.05, 4.69) is 82.2 Å². The van der Waals surface area contributed by atoms with Crippen molar-refractivity contribution in [2.75, 3.05) is 0 Å². The van der Waals surface area contributed by atoms with Crippen LogP contribution in [0.15, 0.2) is 23.0 Å². The second-order valence-corrected chi connectivity index (χ2v) is 12.3. The molecule has 2 unspecified atom stereocenters. The zero-order valence-electron chi connectivity index (χ0n) is 20.2. The van der Waals surface area contributed by atoms with Crippen molar-refractivity contribution < 1.29 is 14.3 Å². The van der Waals surface area contributed by atoms with Crippen molar-refractivity contribution in [1.82, 2.24) is 0 Å². The molecule has 28 heavy (non-hydrogen) atoms. The summed E-state index contributed by atoms with van der Waals surface area (Å²) in [5, 5.41) is 0. The summed E-state index contributed by atoms with van der Waals surface area (Å²) in [6.45, 7) is 24.8. The third-order valence-electron chi connectivity index (χ3n) is 6.17. The smallest absolute Gasteiger partial charge is 0.391 e. The van der Waals surface area contributed by atoms with Gasteiger partial charge < -0.3 is 14.3 Å². The minimum absolute atomic E-state index is 0.0536. The quantitative estimate of drug-likeness (QED) is 0.438. The molecule has 0 amide bonds. The van der Waals surface area contributed by atoms with Gasteiger partial charge in [0.1, 0.15) is 5.76 Å². The van der Waals surface area contributed by atoms with E-state index >= 15 is 0 Å². The first-order valence-electron chi connectivity index (χ1n) is 10.9. The van der Waals surface area contributed by atoms with Crippen molar-refractivity contribution in [3.8, 4) is 0 Å². The van der Waals surface area contributed by atoms with E-state index in [4.69, 9.17) is 4.52 Å².